The van der Waals surface area contributed by atoms with E-state index in [-0.39, 0.29) is 6.04 Å². The largest absolute Gasteiger partial charge is 0.483 e. The van der Waals surface area contributed by atoms with E-state index in [9.17, 15) is 8.42 Å². The third kappa shape index (κ3) is 13.9. The van der Waals surface area contributed by atoms with E-state index in [2.05, 4.69) is 30.6 Å². The zero-order valence-corrected chi connectivity index (χ0v) is 29.1. The van der Waals surface area contributed by atoms with Crippen molar-refractivity contribution in [1.82, 2.24) is 14.5 Å². The number of methoxy groups -OCH3 is 1. The van der Waals surface area contributed by atoms with E-state index in [0.29, 0.717) is 11.4 Å². The van der Waals surface area contributed by atoms with Crippen LogP contribution in [0.4, 0.5) is 0 Å². The highest BCUT2D eigenvalue weighted by Gasteiger charge is 2.34. The van der Waals surface area contributed by atoms with E-state index in [4.69, 9.17) is 4.74 Å². The summed E-state index contributed by atoms with van der Waals surface area (Å²) in [6.07, 6.45) is 10.9. The standard InChI is InChI=1S/C18H21NO2S.C9H17NO.C7H17N.C2H6/c1-15-10-12-17(13-11-15)22(20,21)19-14-6-5-9-18(19)16-7-3-2-4-8-16;1-8-4-6-10(7-5-8)9(2)11-3;1-3-4-5-6-7-8-2;1-2/h2-4,7-8,10-13,18H,5-6,9,14H2,1H3;8H,2,4-7H2,1,3H3;8H,3-7H2,1-2H3;1-2H3/t18-;;;/m0.../s1. The number of ether oxygens (including phenoxy) is 1. The fourth-order valence-corrected chi connectivity index (χ4v) is 6.84. The van der Waals surface area contributed by atoms with Crippen LogP contribution in [0.25, 0.3) is 0 Å². The maximum atomic E-state index is 13.0. The molecule has 6 nitrogen and oxygen atoms in total. The Kier molecular flexibility index (Phi) is 20.0. The summed E-state index contributed by atoms with van der Waals surface area (Å²) in [6, 6.07) is 17.0. The molecule has 7 heteroatoms. The molecule has 2 heterocycles. The lowest BCUT2D eigenvalue weighted by Crippen LogP contribution is -2.38. The van der Waals surface area contributed by atoms with E-state index in [1.807, 2.05) is 70.3 Å². The molecular weight excluding hydrogens is 554 g/mol. The summed E-state index contributed by atoms with van der Waals surface area (Å²) >= 11 is 0. The molecule has 1 N–H and O–H groups in total. The number of benzene rings is 2. The molecule has 0 spiro atoms. The number of likely N-dealkylation sites (tertiary alicyclic amines) is 1. The average Bonchev–Trinajstić information content (AvgIpc) is 3.05. The van der Waals surface area contributed by atoms with Crippen LogP contribution in [0.5, 0.6) is 0 Å². The van der Waals surface area contributed by atoms with Crippen molar-refractivity contribution in [3.63, 3.8) is 0 Å². The van der Waals surface area contributed by atoms with Crippen LogP contribution in [0.3, 0.4) is 0 Å². The number of aryl methyl sites for hydroxylation is 1. The SMILES string of the molecule is C=C(OC)N1CCC(C)CC1.CC.CCCCCCNC.Cc1ccc(S(=O)(=O)N2CCCC[C@H]2c2ccccc2)cc1. The van der Waals surface area contributed by atoms with Crippen molar-refractivity contribution < 1.29 is 13.2 Å². The van der Waals surface area contributed by atoms with Gasteiger partial charge in [-0.05, 0) is 82.8 Å². The van der Waals surface area contributed by atoms with Crippen molar-refractivity contribution in [2.24, 2.45) is 5.92 Å². The Hall–Kier alpha value is -2.35. The van der Waals surface area contributed by atoms with Gasteiger partial charge in [-0.3, -0.25) is 0 Å². The lowest BCUT2D eigenvalue weighted by molar-refractivity contribution is 0.122. The van der Waals surface area contributed by atoms with Crippen molar-refractivity contribution in [2.75, 3.05) is 40.3 Å². The van der Waals surface area contributed by atoms with Gasteiger partial charge in [-0.1, -0.05) is 101 Å². The topological polar surface area (TPSA) is 61.9 Å². The van der Waals surface area contributed by atoms with Gasteiger partial charge in [0, 0.05) is 19.6 Å². The molecule has 0 radical (unpaired) electrons. The van der Waals surface area contributed by atoms with Crippen LogP contribution in [0, 0.1) is 12.8 Å². The van der Waals surface area contributed by atoms with E-state index < -0.39 is 10.0 Å². The van der Waals surface area contributed by atoms with Crippen molar-refractivity contribution in [3.8, 4) is 0 Å². The van der Waals surface area contributed by atoms with Gasteiger partial charge in [-0.15, -0.1) is 0 Å². The van der Waals surface area contributed by atoms with Crippen LogP contribution in [-0.2, 0) is 14.8 Å². The van der Waals surface area contributed by atoms with Gasteiger partial charge >= 0.3 is 0 Å². The minimum absolute atomic E-state index is 0.0544. The summed E-state index contributed by atoms with van der Waals surface area (Å²) in [5.74, 6) is 1.69. The third-order valence-corrected chi connectivity index (χ3v) is 9.84. The summed E-state index contributed by atoms with van der Waals surface area (Å²) < 4.78 is 32.7. The normalized spacial score (nSPS) is 17.3. The molecule has 1 atom stereocenters. The first-order chi connectivity index (χ1) is 20.7. The first-order valence-corrected chi connectivity index (χ1v) is 17.9. The first kappa shape index (κ1) is 38.7. The zero-order valence-electron chi connectivity index (χ0n) is 28.3. The molecular formula is C36H61N3O3S. The zero-order chi connectivity index (χ0) is 32.1. The molecule has 2 aromatic carbocycles. The minimum atomic E-state index is -3.44. The number of nitrogens with one attached hydrogen (secondary N) is 1. The van der Waals surface area contributed by atoms with Gasteiger partial charge in [-0.25, -0.2) is 8.42 Å². The van der Waals surface area contributed by atoms with Crippen LogP contribution in [-0.4, -0.2) is 58.0 Å². The second-order valence-electron chi connectivity index (χ2n) is 11.3. The third-order valence-electron chi connectivity index (χ3n) is 7.92. The number of nitrogens with zero attached hydrogens (tertiary/aromatic N) is 2. The van der Waals surface area contributed by atoms with Crippen molar-refractivity contribution in [2.45, 2.75) is 103 Å². The Morgan fingerprint density at radius 1 is 0.930 bits per heavy atom. The van der Waals surface area contributed by atoms with Gasteiger partial charge in [0.25, 0.3) is 0 Å². The number of piperidine rings is 2. The fraction of sp³-hybridized carbons (Fsp3) is 0.611. The number of sulfonamides is 1. The smallest absolute Gasteiger partial charge is 0.243 e. The Balaban J connectivity index is 0.000000368. The highest BCUT2D eigenvalue weighted by molar-refractivity contribution is 7.89. The Morgan fingerprint density at radius 2 is 1.56 bits per heavy atom. The molecule has 244 valence electrons. The lowest BCUT2D eigenvalue weighted by Gasteiger charge is -2.35. The van der Waals surface area contributed by atoms with Crippen LogP contribution < -0.4 is 5.32 Å². The van der Waals surface area contributed by atoms with E-state index in [1.54, 1.807) is 23.5 Å². The van der Waals surface area contributed by atoms with Crippen LogP contribution in [0.15, 0.2) is 72.0 Å². The number of unbranched alkanes of at least 4 members (excludes halogenated alkanes) is 3. The molecule has 0 bridgehead atoms. The molecule has 0 aliphatic carbocycles. The molecule has 2 aliphatic rings. The second-order valence-corrected chi connectivity index (χ2v) is 13.2. The summed E-state index contributed by atoms with van der Waals surface area (Å²) in [7, 11) is 0.244. The quantitative estimate of drug-likeness (QED) is 0.214. The van der Waals surface area contributed by atoms with Crippen molar-refractivity contribution in [3.05, 3.63) is 78.2 Å². The molecule has 0 saturated carbocycles. The molecule has 2 aliphatic heterocycles. The summed E-state index contributed by atoms with van der Waals surface area (Å²) in [5.41, 5.74) is 2.15. The van der Waals surface area contributed by atoms with Gasteiger partial charge in [-0.2, -0.15) is 4.31 Å². The molecule has 2 fully saturated rings. The monoisotopic (exact) mass is 615 g/mol. The fourth-order valence-electron chi connectivity index (χ4n) is 5.16. The summed E-state index contributed by atoms with van der Waals surface area (Å²) in [4.78, 5) is 2.60. The molecule has 0 unspecified atom stereocenters. The van der Waals surface area contributed by atoms with Gasteiger partial charge in [0.1, 0.15) is 0 Å². The predicted molar refractivity (Wildman–Crippen MR) is 184 cm³/mol. The second kappa shape index (κ2) is 22.2. The molecule has 0 aromatic heterocycles. The number of rotatable bonds is 10. The van der Waals surface area contributed by atoms with E-state index in [0.717, 1.165) is 55.3 Å². The molecule has 0 amide bonds. The van der Waals surface area contributed by atoms with Crippen LogP contribution >= 0.6 is 0 Å². The highest BCUT2D eigenvalue weighted by Crippen LogP contribution is 2.35. The molecule has 2 saturated heterocycles. The Bertz CT molecular complexity index is 1080. The predicted octanol–water partition coefficient (Wildman–Crippen LogP) is 8.56. The summed E-state index contributed by atoms with van der Waals surface area (Å²) in [5, 5.41) is 3.13. The van der Waals surface area contributed by atoms with Gasteiger partial charge in [0.2, 0.25) is 10.0 Å². The van der Waals surface area contributed by atoms with Crippen molar-refractivity contribution >= 4 is 10.0 Å². The molecule has 4 rings (SSSR count). The van der Waals surface area contributed by atoms with Gasteiger partial charge < -0.3 is 15.0 Å². The van der Waals surface area contributed by atoms with Crippen LogP contribution in [0.2, 0.25) is 0 Å². The lowest BCUT2D eigenvalue weighted by atomic mass is 9.98. The average molecular weight is 616 g/mol. The maximum absolute atomic E-state index is 13.0. The minimum Gasteiger partial charge on any atom is -0.483 e. The first-order valence-electron chi connectivity index (χ1n) is 16.5. The number of hydrogen-bond donors (Lipinski definition) is 1. The Morgan fingerprint density at radius 3 is 2.12 bits per heavy atom. The van der Waals surface area contributed by atoms with Crippen molar-refractivity contribution in [1.29, 1.82) is 0 Å². The molecule has 43 heavy (non-hydrogen) atoms. The van der Waals surface area contributed by atoms with Gasteiger partial charge in [0.15, 0.2) is 5.88 Å². The van der Waals surface area contributed by atoms with E-state index in [1.165, 1.54) is 45.1 Å². The molecule has 2 aromatic rings. The Labute approximate surface area is 265 Å². The van der Waals surface area contributed by atoms with Gasteiger partial charge in [0.05, 0.1) is 18.0 Å². The highest BCUT2D eigenvalue weighted by atomic mass is 32.2. The maximum Gasteiger partial charge on any atom is 0.243 e. The van der Waals surface area contributed by atoms with E-state index >= 15 is 0 Å². The number of hydrogen-bond acceptors (Lipinski definition) is 5. The van der Waals surface area contributed by atoms with Crippen LogP contribution in [0.1, 0.15) is 103 Å². The summed E-state index contributed by atoms with van der Waals surface area (Å²) in [6.45, 7) is 18.3.